The lowest BCUT2D eigenvalue weighted by Gasteiger charge is -2.09. The summed E-state index contributed by atoms with van der Waals surface area (Å²) in [5.74, 6) is 0.841. The molecule has 0 amide bonds. The van der Waals surface area contributed by atoms with Gasteiger partial charge in [0, 0.05) is 0 Å². The van der Waals surface area contributed by atoms with E-state index in [1.807, 2.05) is 0 Å². The van der Waals surface area contributed by atoms with Gasteiger partial charge in [0.1, 0.15) is 0 Å². The van der Waals surface area contributed by atoms with Crippen LogP contribution in [-0.2, 0) is 0 Å². The van der Waals surface area contributed by atoms with Gasteiger partial charge in [-0.25, -0.2) is 0 Å². The number of nitrogens with two attached hydrogens (primary N) is 1. The van der Waals surface area contributed by atoms with Crippen LogP contribution in [0.2, 0.25) is 0 Å². The summed E-state index contributed by atoms with van der Waals surface area (Å²) in [4.78, 5) is 0. The van der Waals surface area contributed by atoms with Crippen LogP contribution in [0.1, 0.15) is 97.3 Å². The Kier molecular flexibility index (Phi) is 21.1. The SMILES string of the molecule is Br.CCCCCCCCCCCCCC(C)CCN. The molecule has 0 heterocycles. The van der Waals surface area contributed by atoms with Crippen molar-refractivity contribution >= 4 is 17.0 Å². The first kappa shape index (κ1) is 21.7. The predicted molar refractivity (Wildman–Crippen MR) is 94.2 cm³/mol. The summed E-state index contributed by atoms with van der Waals surface area (Å²) in [5, 5.41) is 0. The number of hydrogen-bond donors (Lipinski definition) is 1. The first-order valence-corrected chi connectivity index (χ1v) is 8.51. The second-order valence-electron chi connectivity index (χ2n) is 6.01. The minimum Gasteiger partial charge on any atom is -0.330 e. The van der Waals surface area contributed by atoms with E-state index in [9.17, 15) is 0 Å². The van der Waals surface area contributed by atoms with E-state index in [2.05, 4.69) is 13.8 Å². The van der Waals surface area contributed by atoms with Crippen molar-refractivity contribution in [2.24, 2.45) is 11.7 Å². The van der Waals surface area contributed by atoms with E-state index in [1.165, 1.54) is 83.5 Å². The van der Waals surface area contributed by atoms with Gasteiger partial charge in [-0.05, 0) is 18.9 Å². The summed E-state index contributed by atoms with van der Waals surface area (Å²) in [6.07, 6.45) is 18.5. The fourth-order valence-corrected chi connectivity index (χ4v) is 2.59. The lowest BCUT2D eigenvalue weighted by Crippen LogP contribution is -2.05. The Labute approximate surface area is 132 Å². The normalized spacial score (nSPS) is 12.2. The minimum absolute atomic E-state index is 0. The highest BCUT2D eigenvalue weighted by Crippen LogP contribution is 2.15. The standard InChI is InChI=1S/C17H37N.BrH/c1-3-4-5-6-7-8-9-10-11-12-13-14-17(2)15-16-18;/h17H,3-16,18H2,1-2H3;1H. The Balaban J connectivity index is 0. The Hall–Kier alpha value is 0.440. The Bertz CT molecular complexity index is 150. The van der Waals surface area contributed by atoms with E-state index in [0.29, 0.717) is 0 Å². The fourth-order valence-electron chi connectivity index (χ4n) is 2.59. The first-order chi connectivity index (χ1) is 8.81. The van der Waals surface area contributed by atoms with Crippen molar-refractivity contribution in [3.63, 3.8) is 0 Å². The third-order valence-electron chi connectivity index (χ3n) is 3.96. The number of hydrogen-bond acceptors (Lipinski definition) is 1. The molecule has 0 radical (unpaired) electrons. The molecule has 0 bridgehead atoms. The molecule has 1 nitrogen and oxygen atoms in total. The summed E-state index contributed by atoms with van der Waals surface area (Å²) in [6, 6.07) is 0. The van der Waals surface area contributed by atoms with E-state index in [0.717, 1.165) is 12.5 Å². The van der Waals surface area contributed by atoms with Gasteiger partial charge in [0.2, 0.25) is 0 Å². The molecule has 0 aromatic carbocycles. The molecule has 0 rings (SSSR count). The molecule has 0 spiro atoms. The highest BCUT2D eigenvalue weighted by atomic mass is 79.9. The summed E-state index contributed by atoms with van der Waals surface area (Å²) in [6.45, 7) is 5.48. The zero-order chi connectivity index (χ0) is 13.5. The van der Waals surface area contributed by atoms with E-state index in [4.69, 9.17) is 5.73 Å². The fraction of sp³-hybridized carbons (Fsp3) is 1.00. The summed E-state index contributed by atoms with van der Waals surface area (Å²) >= 11 is 0. The van der Waals surface area contributed by atoms with Crippen LogP contribution in [0.4, 0.5) is 0 Å². The quantitative estimate of drug-likeness (QED) is 0.373. The Morgan fingerprint density at radius 2 is 1.11 bits per heavy atom. The first-order valence-electron chi connectivity index (χ1n) is 8.51. The van der Waals surface area contributed by atoms with Crippen LogP contribution in [-0.4, -0.2) is 6.54 Å². The molecule has 2 heteroatoms. The van der Waals surface area contributed by atoms with Crippen molar-refractivity contribution in [3.8, 4) is 0 Å². The maximum Gasteiger partial charge on any atom is -0.00747 e. The molecule has 118 valence electrons. The van der Waals surface area contributed by atoms with Gasteiger partial charge in [0.15, 0.2) is 0 Å². The number of rotatable bonds is 14. The van der Waals surface area contributed by atoms with Gasteiger partial charge in [-0.2, -0.15) is 0 Å². The van der Waals surface area contributed by atoms with Crippen molar-refractivity contribution in [3.05, 3.63) is 0 Å². The zero-order valence-corrected chi connectivity index (χ0v) is 15.2. The third kappa shape index (κ3) is 18.4. The molecule has 0 aromatic rings. The predicted octanol–water partition coefficient (Wildman–Crippen LogP) is 6.25. The largest absolute Gasteiger partial charge is 0.330 e. The average Bonchev–Trinajstić information content (AvgIpc) is 2.36. The van der Waals surface area contributed by atoms with E-state index in [-0.39, 0.29) is 17.0 Å². The van der Waals surface area contributed by atoms with Crippen molar-refractivity contribution in [2.75, 3.05) is 6.54 Å². The lowest BCUT2D eigenvalue weighted by molar-refractivity contribution is 0.459. The van der Waals surface area contributed by atoms with Crippen LogP contribution in [0, 0.1) is 5.92 Å². The topological polar surface area (TPSA) is 26.0 Å². The van der Waals surface area contributed by atoms with Crippen molar-refractivity contribution in [1.82, 2.24) is 0 Å². The zero-order valence-electron chi connectivity index (χ0n) is 13.5. The Morgan fingerprint density at radius 3 is 1.53 bits per heavy atom. The van der Waals surface area contributed by atoms with Gasteiger partial charge in [0.05, 0.1) is 0 Å². The molecule has 1 unspecified atom stereocenters. The number of halogens is 1. The minimum atomic E-state index is 0. The number of unbranched alkanes of at least 4 members (excludes halogenated alkanes) is 10. The van der Waals surface area contributed by atoms with E-state index >= 15 is 0 Å². The van der Waals surface area contributed by atoms with Crippen LogP contribution in [0.5, 0.6) is 0 Å². The molecule has 1 atom stereocenters. The lowest BCUT2D eigenvalue weighted by atomic mass is 9.99. The maximum absolute atomic E-state index is 5.56. The molecule has 0 aromatic heterocycles. The van der Waals surface area contributed by atoms with Crippen LogP contribution in [0.15, 0.2) is 0 Å². The van der Waals surface area contributed by atoms with Crippen LogP contribution < -0.4 is 5.73 Å². The average molecular weight is 336 g/mol. The molecule has 0 aliphatic heterocycles. The van der Waals surface area contributed by atoms with Gasteiger partial charge >= 0.3 is 0 Å². The molecular weight excluding hydrogens is 298 g/mol. The van der Waals surface area contributed by atoms with Crippen molar-refractivity contribution in [1.29, 1.82) is 0 Å². The van der Waals surface area contributed by atoms with Gasteiger partial charge in [-0.1, -0.05) is 90.9 Å². The van der Waals surface area contributed by atoms with Crippen LogP contribution in [0.3, 0.4) is 0 Å². The van der Waals surface area contributed by atoms with E-state index in [1.54, 1.807) is 0 Å². The Morgan fingerprint density at radius 1 is 0.684 bits per heavy atom. The smallest absolute Gasteiger partial charge is 0.00747 e. The van der Waals surface area contributed by atoms with Gasteiger partial charge < -0.3 is 5.73 Å². The summed E-state index contributed by atoms with van der Waals surface area (Å²) in [7, 11) is 0. The molecule has 0 aliphatic rings. The van der Waals surface area contributed by atoms with Crippen LogP contribution >= 0.6 is 17.0 Å². The summed E-state index contributed by atoms with van der Waals surface area (Å²) in [5.41, 5.74) is 5.56. The molecule has 0 saturated heterocycles. The molecular formula is C17H38BrN. The van der Waals surface area contributed by atoms with Crippen molar-refractivity contribution in [2.45, 2.75) is 97.3 Å². The van der Waals surface area contributed by atoms with Gasteiger partial charge in [-0.3, -0.25) is 0 Å². The van der Waals surface area contributed by atoms with Crippen LogP contribution in [0.25, 0.3) is 0 Å². The molecule has 2 N–H and O–H groups in total. The van der Waals surface area contributed by atoms with Gasteiger partial charge in [0.25, 0.3) is 0 Å². The second kappa shape index (κ2) is 18.4. The summed E-state index contributed by atoms with van der Waals surface area (Å²) < 4.78 is 0. The van der Waals surface area contributed by atoms with Crippen molar-refractivity contribution < 1.29 is 0 Å². The maximum atomic E-state index is 5.56. The molecule has 0 saturated carbocycles. The highest BCUT2D eigenvalue weighted by molar-refractivity contribution is 8.93. The molecule has 19 heavy (non-hydrogen) atoms. The van der Waals surface area contributed by atoms with E-state index < -0.39 is 0 Å². The second-order valence-corrected chi connectivity index (χ2v) is 6.01. The molecule has 0 fully saturated rings. The van der Waals surface area contributed by atoms with Gasteiger partial charge in [-0.15, -0.1) is 17.0 Å². The highest BCUT2D eigenvalue weighted by Gasteiger charge is 2.00. The monoisotopic (exact) mass is 335 g/mol. The third-order valence-corrected chi connectivity index (χ3v) is 3.96. The molecule has 0 aliphatic carbocycles.